The summed E-state index contributed by atoms with van der Waals surface area (Å²) in [5.41, 5.74) is 0.891. The van der Waals surface area contributed by atoms with Crippen molar-refractivity contribution in [2.24, 2.45) is 5.41 Å². The summed E-state index contributed by atoms with van der Waals surface area (Å²) < 4.78 is 5.95. The van der Waals surface area contributed by atoms with E-state index in [2.05, 4.69) is 28.2 Å². The van der Waals surface area contributed by atoms with Crippen LogP contribution in [0.4, 0.5) is 0 Å². The Kier molecular flexibility index (Phi) is 4.50. The van der Waals surface area contributed by atoms with Gasteiger partial charge in [0.25, 0.3) is 5.91 Å². The van der Waals surface area contributed by atoms with Crippen LogP contribution in [0.5, 0.6) is 5.75 Å². The molecular weight excluding hydrogens is 306 g/mol. The van der Waals surface area contributed by atoms with Crippen molar-refractivity contribution in [3.63, 3.8) is 0 Å². The average Bonchev–Trinajstić information content (AvgIpc) is 2.84. The van der Waals surface area contributed by atoms with E-state index < -0.39 is 0 Å². The number of nitrogens with one attached hydrogen (secondary N) is 1. The highest BCUT2D eigenvalue weighted by Gasteiger charge is 2.29. The van der Waals surface area contributed by atoms with Crippen LogP contribution in [0.2, 0.25) is 0 Å². The molecule has 1 aliphatic rings. The van der Waals surface area contributed by atoms with Gasteiger partial charge in [-0.05, 0) is 52.4 Å². The van der Waals surface area contributed by atoms with Gasteiger partial charge in [-0.1, -0.05) is 19.8 Å². The summed E-state index contributed by atoms with van der Waals surface area (Å²) >= 11 is 3.41. The van der Waals surface area contributed by atoms with Crippen LogP contribution in [0.15, 0.2) is 22.7 Å². The Bertz CT molecular complexity index is 467. The third-order valence-electron chi connectivity index (χ3n) is 3.90. The SMILES string of the molecule is COc1ccc(Br)c(C(=O)NCC2(C)CCCC2)c1. The minimum absolute atomic E-state index is 0.0427. The molecule has 0 aromatic heterocycles. The van der Waals surface area contributed by atoms with Gasteiger partial charge in [-0.2, -0.15) is 0 Å². The van der Waals surface area contributed by atoms with Crippen LogP contribution in [-0.4, -0.2) is 19.6 Å². The lowest BCUT2D eigenvalue weighted by Crippen LogP contribution is -2.34. The van der Waals surface area contributed by atoms with Gasteiger partial charge in [-0.15, -0.1) is 0 Å². The van der Waals surface area contributed by atoms with Gasteiger partial charge in [0.1, 0.15) is 5.75 Å². The number of carbonyl (C=O) groups is 1. The first-order valence-electron chi connectivity index (χ1n) is 6.66. The van der Waals surface area contributed by atoms with Gasteiger partial charge in [0.2, 0.25) is 0 Å². The molecule has 1 N–H and O–H groups in total. The summed E-state index contributed by atoms with van der Waals surface area (Å²) in [5, 5.41) is 3.05. The van der Waals surface area contributed by atoms with Crippen molar-refractivity contribution >= 4 is 21.8 Å². The molecule has 0 heterocycles. The molecule has 1 aromatic rings. The lowest BCUT2D eigenvalue weighted by atomic mass is 9.89. The van der Waals surface area contributed by atoms with Crippen molar-refractivity contribution in [2.75, 3.05) is 13.7 Å². The topological polar surface area (TPSA) is 38.3 Å². The Labute approximate surface area is 122 Å². The van der Waals surface area contributed by atoms with Crippen LogP contribution in [0.1, 0.15) is 43.0 Å². The van der Waals surface area contributed by atoms with E-state index in [1.54, 1.807) is 13.2 Å². The molecule has 4 heteroatoms. The highest BCUT2D eigenvalue weighted by molar-refractivity contribution is 9.10. The van der Waals surface area contributed by atoms with Gasteiger partial charge in [-0.3, -0.25) is 4.79 Å². The summed E-state index contributed by atoms with van der Waals surface area (Å²) in [6.45, 7) is 3.00. The maximum atomic E-state index is 12.2. The van der Waals surface area contributed by atoms with Crippen molar-refractivity contribution in [3.8, 4) is 5.75 Å². The Hall–Kier alpha value is -1.03. The van der Waals surface area contributed by atoms with Crippen LogP contribution >= 0.6 is 15.9 Å². The third kappa shape index (κ3) is 3.50. The molecule has 0 saturated heterocycles. The van der Waals surface area contributed by atoms with E-state index >= 15 is 0 Å². The first-order chi connectivity index (χ1) is 9.04. The van der Waals surface area contributed by atoms with Gasteiger partial charge in [0.15, 0.2) is 0 Å². The predicted octanol–water partition coefficient (Wildman–Crippen LogP) is 3.77. The molecular formula is C15H20BrNO2. The van der Waals surface area contributed by atoms with Crippen LogP contribution in [0, 0.1) is 5.41 Å². The molecule has 0 bridgehead atoms. The van der Waals surface area contributed by atoms with Crippen molar-refractivity contribution in [1.82, 2.24) is 5.32 Å². The third-order valence-corrected chi connectivity index (χ3v) is 4.60. The summed E-state index contributed by atoms with van der Waals surface area (Å²) in [6, 6.07) is 5.43. The largest absolute Gasteiger partial charge is 0.497 e. The molecule has 3 nitrogen and oxygen atoms in total. The summed E-state index contributed by atoms with van der Waals surface area (Å²) in [7, 11) is 1.60. The zero-order valence-corrected chi connectivity index (χ0v) is 13.0. The van der Waals surface area contributed by atoms with Crippen molar-refractivity contribution in [1.29, 1.82) is 0 Å². The Morgan fingerprint density at radius 1 is 1.42 bits per heavy atom. The van der Waals surface area contributed by atoms with Crippen molar-refractivity contribution in [3.05, 3.63) is 28.2 Å². The number of hydrogen-bond donors (Lipinski definition) is 1. The second-order valence-corrected chi connectivity index (χ2v) is 6.40. The molecule has 1 amide bonds. The maximum absolute atomic E-state index is 12.2. The van der Waals surface area contributed by atoms with E-state index in [9.17, 15) is 4.79 Å². The molecule has 2 rings (SSSR count). The molecule has 0 spiro atoms. The fourth-order valence-corrected chi connectivity index (χ4v) is 3.03. The normalized spacial score (nSPS) is 17.2. The minimum Gasteiger partial charge on any atom is -0.497 e. The van der Waals surface area contributed by atoms with E-state index in [1.165, 1.54) is 25.7 Å². The molecule has 0 aliphatic heterocycles. The number of rotatable bonds is 4. The molecule has 1 saturated carbocycles. The van der Waals surface area contributed by atoms with Crippen LogP contribution in [0.25, 0.3) is 0 Å². The zero-order chi connectivity index (χ0) is 13.9. The number of ether oxygens (including phenoxy) is 1. The lowest BCUT2D eigenvalue weighted by molar-refractivity contribution is 0.0933. The minimum atomic E-state index is -0.0427. The first-order valence-corrected chi connectivity index (χ1v) is 7.45. The Balaban J connectivity index is 2.03. The summed E-state index contributed by atoms with van der Waals surface area (Å²) in [5.74, 6) is 0.652. The van der Waals surface area contributed by atoms with Gasteiger partial charge < -0.3 is 10.1 Å². The number of amides is 1. The van der Waals surface area contributed by atoms with Gasteiger partial charge in [-0.25, -0.2) is 0 Å². The molecule has 1 aromatic carbocycles. The number of halogens is 1. The Morgan fingerprint density at radius 3 is 2.74 bits per heavy atom. The van der Waals surface area contributed by atoms with Gasteiger partial charge in [0.05, 0.1) is 12.7 Å². The summed E-state index contributed by atoms with van der Waals surface area (Å²) in [6.07, 6.45) is 4.95. The zero-order valence-electron chi connectivity index (χ0n) is 11.5. The standard InChI is InChI=1S/C15H20BrNO2/c1-15(7-3-4-8-15)10-17-14(18)12-9-11(19-2)5-6-13(12)16/h5-6,9H,3-4,7-8,10H2,1-2H3,(H,17,18). The predicted molar refractivity (Wildman–Crippen MR) is 79.6 cm³/mol. The van der Waals surface area contributed by atoms with E-state index in [1.807, 2.05) is 12.1 Å². The highest BCUT2D eigenvalue weighted by Crippen LogP contribution is 2.36. The second kappa shape index (κ2) is 5.95. The molecule has 1 fully saturated rings. The monoisotopic (exact) mass is 325 g/mol. The number of carbonyl (C=O) groups excluding carboxylic acids is 1. The number of hydrogen-bond acceptors (Lipinski definition) is 2. The molecule has 104 valence electrons. The lowest BCUT2D eigenvalue weighted by Gasteiger charge is -2.23. The molecule has 0 radical (unpaired) electrons. The first kappa shape index (κ1) is 14.4. The van der Waals surface area contributed by atoms with Crippen molar-refractivity contribution in [2.45, 2.75) is 32.6 Å². The van der Waals surface area contributed by atoms with Crippen LogP contribution in [0.3, 0.4) is 0 Å². The van der Waals surface area contributed by atoms with Crippen molar-refractivity contribution < 1.29 is 9.53 Å². The number of benzene rings is 1. The molecule has 0 atom stereocenters. The highest BCUT2D eigenvalue weighted by atomic mass is 79.9. The van der Waals surface area contributed by atoms with E-state index in [0.717, 1.165) is 11.0 Å². The smallest absolute Gasteiger partial charge is 0.252 e. The number of methoxy groups -OCH3 is 1. The quantitative estimate of drug-likeness (QED) is 0.915. The van der Waals surface area contributed by atoms with E-state index in [0.29, 0.717) is 11.3 Å². The molecule has 19 heavy (non-hydrogen) atoms. The van der Waals surface area contributed by atoms with Crippen LogP contribution in [-0.2, 0) is 0 Å². The molecule has 1 aliphatic carbocycles. The van der Waals surface area contributed by atoms with Crippen LogP contribution < -0.4 is 10.1 Å². The maximum Gasteiger partial charge on any atom is 0.252 e. The fourth-order valence-electron chi connectivity index (χ4n) is 2.60. The van der Waals surface area contributed by atoms with E-state index in [-0.39, 0.29) is 11.3 Å². The average molecular weight is 326 g/mol. The molecule has 0 unspecified atom stereocenters. The summed E-state index contributed by atoms with van der Waals surface area (Å²) in [4.78, 5) is 12.2. The second-order valence-electron chi connectivity index (χ2n) is 5.55. The Morgan fingerprint density at radius 2 is 2.11 bits per heavy atom. The van der Waals surface area contributed by atoms with E-state index in [4.69, 9.17) is 4.74 Å². The fraction of sp³-hybridized carbons (Fsp3) is 0.533. The van der Waals surface area contributed by atoms with Gasteiger partial charge >= 0.3 is 0 Å². The van der Waals surface area contributed by atoms with Gasteiger partial charge in [0, 0.05) is 11.0 Å².